The van der Waals surface area contributed by atoms with E-state index < -0.39 is 0 Å². The summed E-state index contributed by atoms with van der Waals surface area (Å²) in [5, 5.41) is 0. The Kier molecular flexibility index (Phi) is 15.8. The van der Waals surface area contributed by atoms with Crippen LogP contribution in [-0.2, 0) is 4.79 Å². The van der Waals surface area contributed by atoms with E-state index in [9.17, 15) is 9.59 Å². The predicted octanol–water partition coefficient (Wildman–Crippen LogP) is 7.40. The molecule has 0 aliphatic carbocycles. The fourth-order valence-corrected chi connectivity index (χ4v) is 2.87. The SMILES string of the molecule is CCCCCCC#CC(=O)CCCCCCC.O=C(C#Cc1ccccc1)c1ccco1. The van der Waals surface area contributed by atoms with Gasteiger partial charge in [0.15, 0.2) is 5.76 Å². The number of carbonyl (C=O) groups is 2. The number of furan rings is 1. The van der Waals surface area contributed by atoms with Gasteiger partial charge in [-0.15, -0.1) is 0 Å². The number of rotatable bonds is 11. The first-order valence-corrected chi connectivity index (χ1v) is 11.8. The quantitative estimate of drug-likeness (QED) is 0.161. The minimum atomic E-state index is -0.302. The summed E-state index contributed by atoms with van der Waals surface area (Å²) in [6.07, 6.45) is 13.9. The number of hydrogen-bond acceptors (Lipinski definition) is 3. The molecule has 32 heavy (non-hydrogen) atoms. The Bertz CT molecular complexity index is 871. The van der Waals surface area contributed by atoms with Crippen LogP contribution in [0.4, 0.5) is 0 Å². The number of unbranched alkanes of at least 4 members (excludes halogenated alkanes) is 8. The van der Waals surface area contributed by atoms with Crippen LogP contribution in [0.3, 0.4) is 0 Å². The van der Waals surface area contributed by atoms with Crippen LogP contribution < -0.4 is 0 Å². The molecule has 0 aliphatic heterocycles. The molecule has 0 unspecified atom stereocenters. The zero-order valence-corrected chi connectivity index (χ0v) is 19.6. The molecule has 3 heteroatoms. The normalized spacial score (nSPS) is 9.44. The summed E-state index contributed by atoms with van der Waals surface area (Å²) in [6, 6.07) is 12.6. The fourth-order valence-electron chi connectivity index (χ4n) is 2.87. The maximum absolute atomic E-state index is 11.4. The largest absolute Gasteiger partial charge is 0.460 e. The highest BCUT2D eigenvalue weighted by Crippen LogP contribution is 2.05. The topological polar surface area (TPSA) is 47.3 Å². The van der Waals surface area contributed by atoms with Crippen molar-refractivity contribution in [3.05, 3.63) is 60.1 Å². The zero-order chi connectivity index (χ0) is 23.3. The molecular weight excluding hydrogens is 396 g/mol. The summed E-state index contributed by atoms with van der Waals surface area (Å²) in [5.74, 6) is 11.2. The molecule has 0 N–H and O–H groups in total. The van der Waals surface area contributed by atoms with Gasteiger partial charge in [-0.05, 0) is 48.9 Å². The number of hydrogen-bond donors (Lipinski definition) is 0. The standard InChI is InChI=1S/C16H28O.C13H8O2/c1-3-5-7-9-11-13-15-16(17)14-12-10-8-6-4-2;14-12(13-7-4-10-15-13)9-8-11-5-2-1-3-6-11/h3-12,14H2,1-2H3;1-7,10H. The Morgan fingerprint density at radius 3 is 2.12 bits per heavy atom. The van der Waals surface area contributed by atoms with Crippen LogP contribution >= 0.6 is 0 Å². The Morgan fingerprint density at radius 1 is 0.781 bits per heavy atom. The molecule has 1 aromatic heterocycles. The Balaban J connectivity index is 0.000000321. The molecular formula is C29H36O3. The van der Waals surface area contributed by atoms with Crippen molar-refractivity contribution >= 4 is 11.6 Å². The van der Waals surface area contributed by atoms with Crippen molar-refractivity contribution in [2.45, 2.75) is 84.5 Å². The molecule has 2 aromatic rings. The second-order valence-corrected chi connectivity index (χ2v) is 7.62. The van der Waals surface area contributed by atoms with Crippen LogP contribution in [0.25, 0.3) is 0 Å². The van der Waals surface area contributed by atoms with Crippen molar-refractivity contribution in [3.63, 3.8) is 0 Å². The summed E-state index contributed by atoms with van der Waals surface area (Å²) < 4.78 is 4.93. The molecule has 2 rings (SSSR count). The lowest BCUT2D eigenvalue weighted by Crippen LogP contribution is -1.93. The van der Waals surface area contributed by atoms with Crippen LogP contribution in [0.1, 0.15) is 101 Å². The molecule has 0 aliphatic rings. The molecule has 0 atom stereocenters. The highest BCUT2D eigenvalue weighted by atomic mass is 16.3. The molecule has 1 aromatic carbocycles. The third kappa shape index (κ3) is 14.1. The van der Waals surface area contributed by atoms with Crippen LogP contribution in [0.5, 0.6) is 0 Å². The maximum atomic E-state index is 11.4. The Hall–Kier alpha value is -3.04. The van der Waals surface area contributed by atoms with Crippen molar-refractivity contribution in [2.75, 3.05) is 0 Å². The van der Waals surface area contributed by atoms with E-state index in [1.165, 1.54) is 51.2 Å². The molecule has 0 fully saturated rings. The van der Waals surface area contributed by atoms with Gasteiger partial charge in [-0.2, -0.15) is 0 Å². The Labute approximate surface area is 194 Å². The molecule has 0 radical (unpaired) electrons. The first kappa shape index (κ1) is 27.0. The van der Waals surface area contributed by atoms with E-state index in [1.54, 1.807) is 12.1 Å². The first-order chi connectivity index (χ1) is 15.7. The molecule has 3 nitrogen and oxygen atoms in total. The molecule has 0 saturated heterocycles. The van der Waals surface area contributed by atoms with Crippen molar-refractivity contribution < 1.29 is 14.0 Å². The van der Waals surface area contributed by atoms with Crippen LogP contribution in [0.15, 0.2) is 53.1 Å². The van der Waals surface area contributed by atoms with Gasteiger partial charge < -0.3 is 4.42 Å². The van der Waals surface area contributed by atoms with Gasteiger partial charge in [-0.3, -0.25) is 9.59 Å². The van der Waals surface area contributed by atoms with Gasteiger partial charge in [0.2, 0.25) is 5.78 Å². The number of Topliss-reactive ketones (excluding diaryl/α,β-unsaturated/α-hetero) is 2. The summed E-state index contributed by atoms with van der Waals surface area (Å²) in [7, 11) is 0. The summed E-state index contributed by atoms with van der Waals surface area (Å²) in [6.45, 7) is 4.41. The van der Waals surface area contributed by atoms with Gasteiger partial charge in [0, 0.05) is 18.4 Å². The lowest BCUT2D eigenvalue weighted by molar-refractivity contribution is -0.113. The van der Waals surface area contributed by atoms with E-state index >= 15 is 0 Å². The molecule has 1 heterocycles. The third-order valence-corrected chi connectivity index (χ3v) is 4.73. The van der Waals surface area contributed by atoms with E-state index in [2.05, 4.69) is 37.5 Å². The minimum absolute atomic E-state index is 0.136. The fraction of sp³-hybridized carbons (Fsp3) is 0.448. The zero-order valence-electron chi connectivity index (χ0n) is 19.6. The highest BCUT2D eigenvalue weighted by Gasteiger charge is 2.03. The van der Waals surface area contributed by atoms with Crippen molar-refractivity contribution in [2.24, 2.45) is 0 Å². The monoisotopic (exact) mass is 432 g/mol. The number of benzene rings is 1. The van der Waals surface area contributed by atoms with Crippen molar-refractivity contribution in [1.29, 1.82) is 0 Å². The lowest BCUT2D eigenvalue weighted by Gasteiger charge is -1.96. The molecule has 170 valence electrons. The van der Waals surface area contributed by atoms with E-state index in [0.29, 0.717) is 6.42 Å². The van der Waals surface area contributed by atoms with Gasteiger partial charge in [-0.1, -0.05) is 88.8 Å². The van der Waals surface area contributed by atoms with Gasteiger partial charge >= 0.3 is 0 Å². The van der Waals surface area contributed by atoms with Crippen molar-refractivity contribution in [1.82, 2.24) is 0 Å². The minimum Gasteiger partial charge on any atom is -0.460 e. The average Bonchev–Trinajstić information content (AvgIpc) is 3.36. The smallest absolute Gasteiger partial charge is 0.271 e. The molecule has 0 saturated carbocycles. The van der Waals surface area contributed by atoms with Crippen LogP contribution in [-0.4, -0.2) is 11.6 Å². The highest BCUT2D eigenvalue weighted by molar-refractivity contribution is 6.07. The first-order valence-electron chi connectivity index (χ1n) is 11.8. The van der Waals surface area contributed by atoms with Gasteiger partial charge in [0.1, 0.15) is 0 Å². The number of ketones is 2. The van der Waals surface area contributed by atoms with Gasteiger partial charge in [-0.25, -0.2) is 0 Å². The van der Waals surface area contributed by atoms with E-state index in [-0.39, 0.29) is 17.3 Å². The second kappa shape index (κ2) is 18.7. The van der Waals surface area contributed by atoms with Gasteiger partial charge in [0.25, 0.3) is 5.78 Å². The summed E-state index contributed by atoms with van der Waals surface area (Å²) >= 11 is 0. The maximum Gasteiger partial charge on any atom is 0.271 e. The summed E-state index contributed by atoms with van der Waals surface area (Å²) in [4.78, 5) is 22.8. The van der Waals surface area contributed by atoms with Gasteiger partial charge in [0.05, 0.1) is 6.26 Å². The second-order valence-electron chi connectivity index (χ2n) is 7.62. The third-order valence-electron chi connectivity index (χ3n) is 4.73. The van der Waals surface area contributed by atoms with Crippen LogP contribution in [0.2, 0.25) is 0 Å². The van der Waals surface area contributed by atoms with E-state index in [4.69, 9.17) is 4.42 Å². The molecule has 0 amide bonds. The van der Waals surface area contributed by atoms with Crippen LogP contribution in [0, 0.1) is 23.7 Å². The van der Waals surface area contributed by atoms with E-state index in [0.717, 1.165) is 24.8 Å². The summed E-state index contributed by atoms with van der Waals surface area (Å²) in [5.41, 5.74) is 0.817. The number of carbonyl (C=O) groups excluding carboxylic acids is 2. The lowest BCUT2D eigenvalue weighted by atomic mass is 10.1. The predicted molar refractivity (Wildman–Crippen MR) is 131 cm³/mol. The molecule has 0 bridgehead atoms. The average molecular weight is 433 g/mol. The van der Waals surface area contributed by atoms with Crippen molar-refractivity contribution in [3.8, 4) is 23.7 Å². The Morgan fingerprint density at radius 2 is 1.47 bits per heavy atom. The molecule has 0 spiro atoms. The van der Waals surface area contributed by atoms with E-state index in [1.807, 2.05) is 30.3 Å².